The quantitative estimate of drug-likeness (QED) is 0.701. The number of aryl methyl sites for hydroxylation is 2. The van der Waals surface area contributed by atoms with Crippen LogP contribution in [0.2, 0.25) is 0 Å². The lowest BCUT2D eigenvalue weighted by atomic mass is 10.1. The van der Waals surface area contributed by atoms with E-state index in [-0.39, 0.29) is 6.17 Å². The van der Waals surface area contributed by atoms with E-state index in [0.717, 1.165) is 55.0 Å². The monoisotopic (exact) mass is 386 g/mol. The lowest BCUT2D eigenvalue weighted by molar-refractivity contribution is 0.437. The van der Waals surface area contributed by atoms with Crippen molar-refractivity contribution in [3.63, 3.8) is 0 Å². The molecule has 2 aliphatic rings. The van der Waals surface area contributed by atoms with Gasteiger partial charge in [-0.15, -0.1) is 0 Å². The molecule has 0 aliphatic carbocycles. The van der Waals surface area contributed by atoms with Crippen LogP contribution in [0.15, 0.2) is 60.5 Å². The highest BCUT2D eigenvalue weighted by molar-refractivity contribution is 5.91. The maximum atomic E-state index is 4.90. The van der Waals surface area contributed by atoms with Gasteiger partial charge in [0.25, 0.3) is 0 Å². The fourth-order valence-electron chi connectivity index (χ4n) is 4.00. The Morgan fingerprint density at radius 2 is 1.79 bits per heavy atom. The van der Waals surface area contributed by atoms with E-state index in [9.17, 15) is 0 Å². The Balaban J connectivity index is 1.78. The number of allylic oxidation sites excluding steroid dienone is 2. The van der Waals surface area contributed by atoms with Gasteiger partial charge in [-0.2, -0.15) is 0 Å². The molecule has 3 heterocycles. The van der Waals surface area contributed by atoms with Gasteiger partial charge in [0.15, 0.2) is 0 Å². The Hall–Kier alpha value is -2.88. The molecule has 0 bridgehead atoms. The lowest BCUT2D eigenvalue weighted by Crippen LogP contribution is -2.33. The second-order valence-electron chi connectivity index (χ2n) is 7.69. The van der Waals surface area contributed by atoms with Crippen LogP contribution >= 0.6 is 0 Å². The molecule has 2 aromatic rings. The predicted molar refractivity (Wildman–Crippen MR) is 120 cm³/mol. The minimum absolute atomic E-state index is 0.127. The van der Waals surface area contributed by atoms with Crippen molar-refractivity contribution >= 4 is 11.4 Å². The van der Waals surface area contributed by atoms with Crippen molar-refractivity contribution in [2.24, 2.45) is 0 Å². The van der Waals surface area contributed by atoms with Crippen LogP contribution in [0, 0.1) is 0 Å². The molecule has 0 saturated carbocycles. The first-order chi connectivity index (χ1) is 14.2. The molecule has 0 radical (unpaired) electrons. The van der Waals surface area contributed by atoms with Crippen LogP contribution in [0.3, 0.4) is 0 Å². The Morgan fingerprint density at radius 3 is 2.52 bits per heavy atom. The molecule has 1 atom stereocenters. The number of benzene rings is 1. The summed E-state index contributed by atoms with van der Waals surface area (Å²) in [5.41, 5.74) is 7.17. The van der Waals surface area contributed by atoms with E-state index in [1.807, 2.05) is 12.3 Å². The molecule has 4 heteroatoms. The fourth-order valence-corrected chi connectivity index (χ4v) is 4.00. The minimum atomic E-state index is 0.127. The van der Waals surface area contributed by atoms with Crippen LogP contribution in [-0.4, -0.2) is 21.0 Å². The molecule has 0 fully saturated rings. The summed E-state index contributed by atoms with van der Waals surface area (Å²) in [5, 5.41) is 3.75. The van der Waals surface area contributed by atoms with Crippen molar-refractivity contribution in [2.75, 3.05) is 0 Å². The Bertz CT molecular complexity index is 953. The molecule has 4 rings (SSSR count). The molecule has 150 valence electrons. The zero-order valence-corrected chi connectivity index (χ0v) is 17.7. The molecule has 0 spiro atoms. The Labute approximate surface area is 174 Å². The molecule has 0 saturated heterocycles. The molecule has 2 aliphatic heterocycles. The van der Waals surface area contributed by atoms with Crippen molar-refractivity contribution in [3.05, 3.63) is 83.1 Å². The van der Waals surface area contributed by atoms with Gasteiger partial charge in [0.05, 0.1) is 17.1 Å². The largest absolute Gasteiger partial charge is 0.359 e. The first-order valence-corrected chi connectivity index (χ1v) is 10.8. The van der Waals surface area contributed by atoms with E-state index in [1.165, 1.54) is 16.7 Å². The molecule has 4 nitrogen and oxygen atoms in total. The molecule has 1 aromatic heterocycles. The van der Waals surface area contributed by atoms with Crippen molar-refractivity contribution in [3.8, 4) is 0 Å². The van der Waals surface area contributed by atoms with Gasteiger partial charge < -0.3 is 10.2 Å². The number of rotatable bonds is 7. The number of fused-ring (bicyclic) bond motifs is 1. The van der Waals surface area contributed by atoms with Crippen molar-refractivity contribution in [1.29, 1.82) is 0 Å². The number of aromatic nitrogens is 2. The first kappa shape index (κ1) is 19.4. The number of hydrogen-bond acceptors (Lipinski definition) is 4. The summed E-state index contributed by atoms with van der Waals surface area (Å²) in [6, 6.07) is 10.9. The van der Waals surface area contributed by atoms with Gasteiger partial charge in [0, 0.05) is 18.8 Å². The first-order valence-electron chi connectivity index (χ1n) is 10.8. The maximum absolute atomic E-state index is 4.90. The van der Waals surface area contributed by atoms with Gasteiger partial charge in [0.2, 0.25) is 0 Å². The third kappa shape index (κ3) is 3.98. The fraction of sp³-hybridized carbons (Fsp3) is 0.360. The number of nitrogens with one attached hydrogen (secondary N) is 1. The van der Waals surface area contributed by atoms with Gasteiger partial charge in [0.1, 0.15) is 12.0 Å². The van der Waals surface area contributed by atoms with Crippen LogP contribution in [0.5, 0.6) is 0 Å². The molecule has 1 unspecified atom stereocenters. The van der Waals surface area contributed by atoms with E-state index in [2.05, 4.69) is 78.6 Å². The van der Waals surface area contributed by atoms with Gasteiger partial charge in [-0.05, 0) is 54.2 Å². The lowest BCUT2D eigenvalue weighted by Gasteiger charge is -2.27. The normalized spacial score (nSPS) is 18.0. The van der Waals surface area contributed by atoms with Gasteiger partial charge in [-0.3, -0.25) is 0 Å². The topological polar surface area (TPSA) is 41.1 Å². The van der Waals surface area contributed by atoms with Gasteiger partial charge in [-0.1, -0.05) is 51.5 Å². The highest BCUT2D eigenvalue weighted by atomic mass is 15.3. The number of nitrogens with zero attached hydrogens (tertiary/aromatic N) is 3. The summed E-state index contributed by atoms with van der Waals surface area (Å²) in [6.45, 7) is 6.58. The van der Waals surface area contributed by atoms with E-state index in [4.69, 9.17) is 4.98 Å². The third-order valence-corrected chi connectivity index (χ3v) is 5.52. The zero-order valence-electron chi connectivity index (χ0n) is 17.7. The maximum Gasteiger partial charge on any atom is 0.129 e. The van der Waals surface area contributed by atoms with Gasteiger partial charge >= 0.3 is 0 Å². The van der Waals surface area contributed by atoms with Crippen LogP contribution < -0.4 is 5.32 Å². The van der Waals surface area contributed by atoms with Gasteiger partial charge in [-0.25, -0.2) is 9.97 Å². The molecule has 1 aromatic carbocycles. The average Bonchev–Trinajstić information content (AvgIpc) is 3.13. The van der Waals surface area contributed by atoms with Crippen LogP contribution in [0.4, 0.5) is 0 Å². The standard InChI is InChI=1S/C25H30N4/c1-4-7-19-14-16-29-23(17-19)28-24(20-11-9-18(6-3)10-12-20)25(29)21-13-15-26-22(27-21)8-5-2/h9-17,23,28H,4-8H2,1-3H3. The molecule has 1 N–H and O–H groups in total. The van der Waals surface area contributed by atoms with E-state index >= 15 is 0 Å². The van der Waals surface area contributed by atoms with E-state index < -0.39 is 0 Å². The van der Waals surface area contributed by atoms with Crippen molar-refractivity contribution < 1.29 is 0 Å². The summed E-state index contributed by atoms with van der Waals surface area (Å²) in [5.74, 6) is 0.907. The van der Waals surface area contributed by atoms with Crippen molar-refractivity contribution in [2.45, 2.75) is 59.0 Å². The smallest absolute Gasteiger partial charge is 0.129 e. The highest BCUT2D eigenvalue weighted by Crippen LogP contribution is 2.37. The highest BCUT2D eigenvalue weighted by Gasteiger charge is 2.32. The Morgan fingerprint density at radius 1 is 1.00 bits per heavy atom. The second-order valence-corrected chi connectivity index (χ2v) is 7.69. The zero-order chi connectivity index (χ0) is 20.2. The Kier molecular flexibility index (Phi) is 5.79. The van der Waals surface area contributed by atoms with E-state index in [1.54, 1.807) is 0 Å². The minimum Gasteiger partial charge on any atom is -0.359 e. The van der Waals surface area contributed by atoms with Crippen molar-refractivity contribution in [1.82, 2.24) is 20.2 Å². The number of hydrogen-bond donors (Lipinski definition) is 1. The summed E-state index contributed by atoms with van der Waals surface area (Å²) in [6.07, 6.45) is 14.0. The summed E-state index contributed by atoms with van der Waals surface area (Å²) >= 11 is 0. The van der Waals surface area contributed by atoms with Crippen LogP contribution in [-0.2, 0) is 12.8 Å². The molecular weight excluding hydrogens is 356 g/mol. The van der Waals surface area contributed by atoms with Crippen LogP contribution in [0.25, 0.3) is 11.4 Å². The second kappa shape index (κ2) is 8.64. The molecular formula is C25H30N4. The summed E-state index contributed by atoms with van der Waals surface area (Å²) in [7, 11) is 0. The molecule has 0 amide bonds. The van der Waals surface area contributed by atoms with E-state index in [0.29, 0.717) is 0 Å². The SMILES string of the molecule is CCCC1=CC2NC(c3ccc(CC)cc3)=C(c3ccnc(CCC)n3)N2C=C1. The van der Waals surface area contributed by atoms with Crippen LogP contribution in [0.1, 0.15) is 62.7 Å². The molecule has 29 heavy (non-hydrogen) atoms. The average molecular weight is 387 g/mol. The third-order valence-electron chi connectivity index (χ3n) is 5.52. The summed E-state index contributed by atoms with van der Waals surface area (Å²) < 4.78 is 0. The summed E-state index contributed by atoms with van der Waals surface area (Å²) in [4.78, 5) is 11.7. The predicted octanol–water partition coefficient (Wildman–Crippen LogP) is 5.30.